The van der Waals surface area contributed by atoms with Crippen LogP contribution < -0.4 is 0 Å². The minimum Gasteiger partial charge on any atom is -0.463 e. The number of carbonyl (C=O) groups is 2. The molecule has 0 spiro atoms. The average molecular weight is 188 g/mol. The van der Waals surface area contributed by atoms with Crippen molar-refractivity contribution in [2.24, 2.45) is 0 Å². The standard InChI is InChI=1S/C8H12O5/c1-5(9)11-3-7-8(13-7)4-12-6(2)10/h7-8H,3-4H2,1-2H3/t7-,8?/m0/s1. The SMILES string of the molecule is CC(=O)OCC1O[C@H]1COC(C)=O. The summed E-state index contributed by atoms with van der Waals surface area (Å²) in [6, 6.07) is 0. The Morgan fingerprint density at radius 1 is 1.08 bits per heavy atom. The largest absolute Gasteiger partial charge is 0.463 e. The molecular weight excluding hydrogens is 176 g/mol. The van der Waals surface area contributed by atoms with Crippen LogP contribution in [0.25, 0.3) is 0 Å². The Labute approximate surface area is 76.0 Å². The first kappa shape index (κ1) is 9.98. The molecule has 0 aromatic carbocycles. The van der Waals surface area contributed by atoms with Crippen molar-refractivity contribution in [3.05, 3.63) is 0 Å². The van der Waals surface area contributed by atoms with Crippen molar-refractivity contribution in [2.45, 2.75) is 26.1 Å². The molecule has 0 N–H and O–H groups in total. The minimum absolute atomic E-state index is 0.108. The van der Waals surface area contributed by atoms with E-state index in [-0.39, 0.29) is 37.4 Å². The van der Waals surface area contributed by atoms with Crippen LogP contribution in [0, 0.1) is 0 Å². The van der Waals surface area contributed by atoms with Crippen molar-refractivity contribution in [1.29, 1.82) is 0 Å². The highest BCUT2D eigenvalue weighted by molar-refractivity contribution is 5.66. The first-order valence-corrected chi connectivity index (χ1v) is 4.02. The summed E-state index contributed by atoms with van der Waals surface area (Å²) >= 11 is 0. The van der Waals surface area contributed by atoms with Crippen molar-refractivity contribution in [3.63, 3.8) is 0 Å². The summed E-state index contributed by atoms with van der Waals surface area (Å²) in [6.45, 7) is 3.15. The van der Waals surface area contributed by atoms with Crippen LogP contribution in [-0.4, -0.2) is 37.4 Å². The number of hydrogen-bond donors (Lipinski definition) is 0. The van der Waals surface area contributed by atoms with Crippen LogP contribution in [0.15, 0.2) is 0 Å². The first-order chi connectivity index (χ1) is 6.09. The Kier molecular flexibility index (Phi) is 3.25. The summed E-state index contributed by atoms with van der Waals surface area (Å²) < 4.78 is 14.5. The second-order valence-electron chi connectivity index (χ2n) is 2.82. The van der Waals surface area contributed by atoms with Gasteiger partial charge in [0.05, 0.1) is 0 Å². The number of rotatable bonds is 4. The second-order valence-corrected chi connectivity index (χ2v) is 2.82. The Morgan fingerprint density at radius 2 is 1.46 bits per heavy atom. The summed E-state index contributed by atoms with van der Waals surface area (Å²) in [5.41, 5.74) is 0. The lowest BCUT2D eigenvalue weighted by Gasteiger charge is -1.98. The lowest BCUT2D eigenvalue weighted by Crippen LogP contribution is -2.13. The van der Waals surface area contributed by atoms with Gasteiger partial charge in [-0.2, -0.15) is 0 Å². The highest BCUT2D eigenvalue weighted by Crippen LogP contribution is 2.22. The van der Waals surface area contributed by atoms with Gasteiger partial charge < -0.3 is 14.2 Å². The van der Waals surface area contributed by atoms with Crippen LogP contribution in [-0.2, 0) is 23.8 Å². The average Bonchev–Trinajstić information content (AvgIpc) is 2.76. The van der Waals surface area contributed by atoms with Gasteiger partial charge in [0.1, 0.15) is 25.4 Å². The van der Waals surface area contributed by atoms with Gasteiger partial charge >= 0.3 is 11.9 Å². The number of hydrogen-bond acceptors (Lipinski definition) is 5. The van der Waals surface area contributed by atoms with E-state index < -0.39 is 0 Å². The van der Waals surface area contributed by atoms with E-state index in [2.05, 4.69) is 0 Å². The van der Waals surface area contributed by atoms with Crippen molar-refractivity contribution < 1.29 is 23.8 Å². The van der Waals surface area contributed by atoms with E-state index in [0.29, 0.717) is 0 Å². The third-order valence-electron chi connectivity index (χ3n) is 1.59. The molecule has 5 heteroatoms. The highest BCUT2D eigenvalue weighted by Gasteiger charge is 2.40. The third-order valence-corrected chi connectivity index (χ3v) is 1.59. The Bertz CT molecular complexity index is 191. The summed E-state index contributed by atoms with van der Waals surface area (Å²) in [5, 5.41) is 0. The van der Waals surface area contributed by atoms with Gasteiger partial charge in [0.25, 0.3) is 0 Å². The molecule has 0 bridgehead atoms. The topological polar surface area (TPSA) is 65.1 Å². The Balaban J connectivity index is 2.02. The minimum atomic E-state index is -0.332. The van der Waals surface area contributed by atoms with E-state index in [1.807, 2.05) is 0 Å². The molecule has 2 atom stereocenters. The zero-order valence-corrected chi connectivity index (χ0v) is 7.61. The molecule has 0 aliphatic carbocycles. The zero-order chi connectivity index (χ0) is 9.84. The fraction of sp³-hybridized carbons (Fsp3) is 0.750. The molecule has 5 nitrogen and oxygen atoms in total. The van der Waals surface area contributed by atoms with Crippen LogP contribution in [0.1, 0.15) is 13.8 Å². The fourth-order valence-corrected chi connectivity index (χ4v) is 0.871. The molecule has 1 rings (SSSR count). The molecule has 0 aromatic heterocycles. The van der Waals surface area contributed by atoms with Gasteiger partial charge in [-0.05, 0) is 0 Å². The molecule has 1 fully saturated rings. The Hall–Kier alpha value is -1.10. The third kappa shape index (κ3) is 3.89. The molecule has 1 heterocycles. The summed E-state index contributed by atoms with van der Waals surface area (Å²) in [7, 11) is 0. The molecule has 1 unspecified atom stereocenters. The quantitative estimate of drug-likeness (QED) is 0.454. The number of esters is 2. The van der Waals surface area contributed by atoms with E-state index >= 15 is 0 Å². The molecule has 0 amide bonds. The zero-order valence-electron chi connectivity index (χ0n) is 7.61. The van der Waals surface area contributed by atoms with Crippen molar-refractivity contribution in [1.82, 2.24) is 0 Å². The maximum atomic E-state index is 10.4. The van der Waals surface area contributed by atoms with Crippen LogP contribution >= 0.6 is 0 Å². The summed E-state index contributed by atoms with van der Waals surface area (Å²) in [4.78, 5) is 20.8. The molecular formula is C8H12O5. The van der Waals surface area contributed by atoms with E-state index in [1.165, 1.54) is 13.8 Å². The first-order valence-electron chi connectivity index (χ1n) is 4.02. The van der Waals surface area contributed by atoms with E-state index in [0.717, 1.165) is 0 Å². The van der Waals surface area contributed by atoms with E-state index in [1.54, 1.807) is 0 Å². The fourth-order valence-electron chi connectivity index (χ4n) is 0.871. The molecule has 1 aliphatic heterocycles. The maximum absolute atomic E-state index is 10.4. The van der Waals surface area contributed by atoms with Gasteiger partial charge in [0.2, 0.25) is 0 Å². The van der Waals surface area contributed by atoms with Gasteiger partial charge in [-0.25, -0.2) is 0 Å². The second kappa shape index (κ2) is 4.23. The molecule has 74 valence electrons. The van der Waals surface area contributed by atoms with Crippen LogP contribution in [0.4, 0.5) is 0 Å². The van der Waals surface area contributed by atoms with Crippen LogP contribution in [0.3, 0.4) is 0 Å². The van der Waals surface area contributed by atoms with Crippen LogP contribution in [0.5, 0.6) is 0 Å². The van der Waals surface area contributed by atoms with Gasteiger partial charge in [-0.1, -0.05) is 0 Å². The predicted molar refractivity (Wildman–Crippen MR) is 41.9 cm³/mol. The monoisotopic (exact) mass is 188 g/mol. The molecule has 0 saturated carbocycles. The molecule has 13 heavy (non-hydrogen) atoms. The van der Waals surface area contributed by atoms with Gasteiger partial charge in [-0.15, -0.1) is 0 Å². The van der Waals surface area contributed by atoms with E-state index in [4.69, 9.17) is 14.2 Å². The predicted octanol–water partition coefficient (Wildman–Crippen LogP) is -0.120. The summed E-state index contributed by atoms with van der Waals surface area (Å²) in [5.74, 6) is -0.663. The van der Waals surface area contributed by atoms with Crippen molar-refractivity contribution >= 4 is 11.9 Å². The maximum Gasteiger partial charge on any atom is 0.302 e. The van der Waals surface area contributed by atoms with Gasteiger partial charge in [0, 0.05) is 13.8 Å². The van der Waals surface area contributed by atoms with Gasteiger partial charge in [-0.3, -0.25) is 9.59 Å². The number of epoxide rings is 1. The van der Waals surface area contributed by atoms with Crippen molar-refractivity contribution in [3.8, 4) is 0 Å². The Morgan fingerprint density at radius 3 is 1.77 bits per heavy atom. The van der Waals surface area contributed by atoms with Gasteiger partial charge in [0.15, 0.2) is 0 Å². The van der Waals surface area contributed by atoms with Crippen molar-refractivity contribution in [2.75, 3.05) is 13.2 Å². The number of ether oxygens (including phenoxy) is 3. The molecule has 0 aromatic rings. The lowest BCUT2D eigenvalue weighted by molar-refractivity contribution is -0.142. The molecule has 1 saturated heterocycles. The normalized spacial score (nSPS) is 25.1. The number of carbonyl (C=O) groups excluding carboxylic acids is 2. The lowest BCUT2D eigenvalue weighted by atomic mass is 10.3. The highest BCUT2D eigenvalue weighted by atomic mass is 16.6. The molecule has 1 aliphatic rings. The molecule has 0 radical (unpaired) electrons. The smallest absolute Gasteiger partial charge is 0.302 e. The van der Waals surface area contributed by atoms with E-state index in [9.17, 15) is 9.59 Å². The van der Waals surface area contributed by atoms with Crippen LogP contribution in [0.2, 0.25) is 0 Å². The summed E-state index contributed by atoms with van der Waals surface area (Å²) in [6.07, 6.45) is -0.216.